The lowest BCUT2D eigenvalue weighted by Gasteiger charge is -2.13. The van der Waals surface area contributed by atoms with Crippen molar-refractivity contribution in [1.82, 2.24) is 20.1 Å². The topological polar surface area (TPSA) is 91.4 Å². The molecule has 160 valence electrons. The molecule has 4 rings (SSSR count). The number of hydrogen-bond acceptors (Lipinski definition) is 6. The number of carbonyl (C=O) groups is 1. The molecule has 31 heavy (non-hydrogen) atoms. The van der Waals surface area contributed by atoms with Crippen LogP contribution in [-0.2, 0) is 13.0 Å². The molecule has 0 radical (unpaired) electrons. The van der Waals surface area contributed by atoms with Gasteiger partial charge in [-0.15, -0.1) is 0 Å². The second kappa shape index (κ2) is 8.91. The molecule has 0 spiro atoms. The van der Waals surface area contributed by atoms with E-state index in [1.807, 2.05) is 37.3 Å². The molecule has 1 aromatic carbocycles. The smallest absolute Gasteiger partial charge is 0.253 e. The van der Waals surface area contributed by atoms with E-state index < -0.39 is 0 Å². The molecule has 0 aliphatic heterocycles. The number of pyridine rings is 1. The van der Waals surface area contributed by atoms with Gasteiger partial charge >= 0.3 is 0 Å². The molecule has 0 saturated heterocycles. The van der Waals surface area contributed by atoms with E-state index in [-0.39, 0.29) is 11.9 Å². The fourth-order valence-corrected chi connectivity index (χ4v) is 3.44. The minimum absolute atomic E-state index is 0.0698. The second-order valence-corrected chi connectivity index (χ2v) is 7.27. The first kappa shape index (κ1) is 20.5. The third-order valence-corrected chi connectivity index (χ3v) is 5.02. The van der Waals surface area contributed by atoms with E-state index in [2.05, 4.69) is 15.4 Å². The highest BCUT2D eigenvalue weighted by Gasteiger charge is 2.15. The summed E-state index contributed by atoms with van der Waals surface area (Å²) < 4.78 is 17.8. The third-order valence-electron chi connectivity index (χ3n) is 5.02. The third kappa shape index (κ3) is 4.53. The Labute approximate surface area is 179 Å². The molecular formula is C23H24N4O4. The number of aromatic nitrogens is 3. The second-order valence-electron chi connectivity index (χ2n) is 7.27. The molecular weight excluding hydrogens is 396 g/mol. The van der Waals surface area contributed by atoms with Crippen molar-refractivity contribution in [3.8, 4) is 11.5 Å². The lowest BCUT2D eigenvalue weighted by atomic mass is 10.1. The number of fused-ring (bicyclic) bond motifs is 1. The fraction of sp³-hybridized carbons (Fsp3) is 0.261. The number of ether oxygens (including phenoxy) is 2. The van der Waals surface area contributed by atoms with Crippen LogP contribution in [0.5, 0.6) is 11.5 Å². The number of nitrogens with zero attached hydrogens (tertiary/aromatic N) is 3. The van der Waals surface area contributed by atoms with Gasteiger partial charge in [-0.25, -0.2) is 9.67 Å². The van der Waals surface area contributed by atoms with Crippen LogP contribution in [-0.4, -0.2) is 40.9 Å². The van der Waals surface area contributed by atoms with Crippen LogP contribution in [0.3, 0.4) is 0 Å². The quantitative estimate of drug-likeness (QED) is 0.469. The van der Waals surface area contributed by atoms with Crippen LogP contribution in [0, 0.1) is 0 Å². The van der Waals surface area contributed by atoms with E-state index in [4.69, 9.17) is 13.9 Å². The first-order valence-corrected chi connectivity index (χ1v) is 9.93. The summed E-state index contributed by atoms with van der Waals surface area (Å²) in [4.78, 5) is 17.1. The highest BCUT2D eigenvalue weighted by molar-refractivity contribution is 5.96. The number of furan rings is 1. The zero-order chi connectivity index (χ0) is 21.8. The minimum Gasteiger partial charge on any atom is -0.497 e. The number of carbonyl (C=O) groups excluding carboxylic acids is 1. The van der Waals surface area contributed by atoms with Gasteiger partial charge in [-0.1, -0.05) is 0 Å². The standard InChI is InChI=1S/C23H24N4O4/c1-15(9-20-5-4-8-31-20)26-23(28)18-10-17-13-25-27(22(17)24-12-18)14-16-6-7-19(29-2)11-21(16)30-3/h4-8,10-13,15H,9,14H2,1-3H3,(H,26,28). The molecule has 1 unspecified atom stereocenters. The molecule has 1 N–H and O–H groups in total. The molecule has 0 bridgehead atoms. The zero-order valence-electron chi connectivity index (χ0n) is 17.7. The molecule has 1 amide bonds. The van der Waals surface area contributed by atoms with Gasteiger partial charge in [0.15, 0.2) is 5.65 Å². The normalized spacial score (nSPS) is 12.0. The number of rotatable bonds is 8. The number of nitrogens with one attached hydrogen (secondary N) is 1. The Morgan fingerprint density at radius 1 is 1.19 bits per heavy atom. The van der Waals surface area contributed by atoms with Crippen molar-refractivity contribution in [2.45, 2.75) is 25.9 Å². The van der Waals surface area contributed by atoms with E-state index in [0.29, 0.717) is 29.9 Å². The zero-order valence-corrected chi connectivity index (χ0v) is 17.7. The van der Waals surface area contributed by atoms with Crippen molar-refractivity contribution < 1.29 is 18.7 Å². The van der Waals surface area contributed by atoms with Crippen LogP contribution in [0.15, 0.2) is 59.5 Å². The van der Waals surface area contributed by atoms with E-state index >= 15 is 0 Å². The van der Waals surface area contributed by atoms with Gasteiger partial charge in [-0.05, 0) is 37.3 Å². The van der Waals surface area contributed by atoms with Crippen LogP contribution >= 0.6 is 0 Å². The number of benzene rings is 1. The fourth-order valence-electron chi connectivity index (χ4n) is 3.44. The molecule has 0 aliphatic carbocycles. The number of hydrogen-bond donors (Lipinski definition) is 1. The van der Waals surface area contributed by atoms with Gasteiger partial charge in [-0.2, -0.15) is 5.10 Å². The first-order chi connectivity index (χ1) is 15.1. The van der Waals surface area contributed by atoms with Crippen LogP contribution < -0.4 is 14.8 Å². The molecule has 4 aromatic rings. The average molecular weight is 420 g/mol. The molecule has 0 fully saturated rings. The largest absolute Gasteiger partial charge is 0.497 e. The summed E-state index contributed by atoms with van der Waals surface area (Å²) in [7, 11) is 3.24. The molecule has 8 nitrogen and oxygen atoms in total. The number of amides is 1. The minimum atomic E-state index is -0.182. The highest BCUT2D eigenvalue weighted by Crippen LogP contribution is 2.26. The summed E-state index contributed by atoms with van der Waals surface area (Å²) in [5, 5.41) is 8.21. The molecule has 1 atom stereocenters. The highest BCUT2D eigenvalue weighted by atomic mass is 16.5. The maximum atomic E-state index is 12.6. The molecule has 0 saturated carbocycles. The molecule has 3 heterocycles. The van der Waals surface area contributed by atoms with Gasteiger partial charge < -0.3 is 19.2 Å². The molecule has 0 aliphatic rings. The van der Waals surface area contributed by atoms with Gasteiger partial charge in [0.1, 0.15) is 17.3 Å². The lowest BCUT2D eigenvalue weighted by molar-refractivity contribution is 0.0939. The predicted molar refractivity (Wildman–Crippen MR) is 116 cm³/mol. The lowest BCUT2D eigenvalue weighted by Crippen LogP contribution is -2.34. The summed E-state index contributed by atoms with van der Waals surface area (Å²) in [5.41, 5.74) is 2.13. The van der Waals surface area contributed by atoms with Gasteiger partial charge in [0.05, 0.1) is 38.8 Å². The monoisotopic (exact) mass is 420 g/mol. The molecule has 8 heteroatoms. The van der Waals surface area contributed by atoms with E-state index in [0.717, 1.165) is 22.5 Å². The summed E-state index contributed by atoms with van der Waals surface area (Å²) in [6.45, 7) is 2.42. The van der Waals surface area contributed by atoms with Crippen molar-refractivity contribution in [1.29, 1.82) is 0 Å². The van der Waals surface area contributed by atoms with Gasteiger partial charge in [-0.3, -0.25) is 4.79 Å². The Hall–Kier alpha value is -3.81. The van der Waals surface area contributed by atoms with Crippen molar-refractivity contribution >= 4 is 16.9 Å². The Kier molecular flexibility index (Phi) is 5.88. The Morgan fingerprint density at radius 3 is 2.81 bits per heavy atom. The van der Waals surface area contributed by atoms with E-state index in [1.54, 1.807) is 43.6 Å². The van der Waals surface area contributed by atoms with Gasteiger partial charge in [0.2, 0.25) is 0 Å². The summed E-state index contributed by atoms with van der Waals surface area (Å²) in [6.07, 6.45) is 5.53. The van der Waals surface area contributed by atoms with Crippen molar-refractivity contribution in [3.63, 3.8) is 0 Å². The molecule has 3 aromatic heterocycles. The average Bonchev–Trinajstić information content (AvgIpc) is 3.43. The summed E-state index contributed by atoms with van der Waals surface area (Å²) in [5.74, 6) is 2.08. The SMILES string of the molecule is COc1ccc(Cn2ncc3cc(C(=O)NC(C)Cc4ccco4)cnc32)c(OC)c1. The summed E-state index contributed by atoms with van der Waals surface area (Å²) in [6, 6.07) is 11.1. The maximum Gasteiger partial charge on any atom is 0.253 e. The Morgan fingerprint density at radius 2 is 2.06 bits per heavy atom. The Bertz CT molecular complexity index is 1180. The predicted octanol–water partition coefficient (Wildman–Crippen LogP) is 3.45. The van der Waals surface area contributed by atoms with Crippen LogP contribution in [0.1, 0.15) is 28.6 Å². The van der Waals surface area contributed by atoms with Crippen LogP contribution in [0.4, 0.5) is 0 Å². The number of methoxy groups -OCH3 is 2. The van der Waals surface area contributed by atoms with Crippen molar-refractivity contribution in [3.05, 3.63) is 71.9 Å². The van der Waals surface area contributed by atoms with Gasteiger partial charge in [0, 0.05) is 35.7 Å². The summed E-state index contributed by atoms with van der Waals surface area (Å²) >= 11 is 0. The van der Waals surface area contributed by atoms with Gasteiger partial charge in [0.25, 0.3) is 5.91 Å². The van der Waals surface area contributed by atoms with Crippen LogP contribution in [0.25, 0.3) is 11.0 Å². The van der Waals surface area contributed by atoms with Crippen molar-refractivity contribution in [2.75, 3.05) is 14.2 Å². The maximum absolute atomic E-state index is 12.6. The van der Waals surface area contributed by atoms with Crippen LogP contribution in [0.2, 0.25) is 0 Å². The Balaban J connectivity index is 1.50. The first-order valence-electron chi connectivity index (χ1n) is 9.93. The van der Waals surface area contributed by atoms with E-state index in [1.165, 1.54) is 0 Å². The van der Waals surface area contributed by atoms with Crippen molar-refractivity contribution in [2.24, 2.45) is 0 Å². The van der Waals surface area contributed by atoms with E-state index in [9.17, 15) is 4.79 Å².